The summed E-state index contributed by atoms with van der Waals surface area (Å²) in [5.74, 6) is 2.07. The number of hydrogen-bond donors (Lipinski definition) is 1. The lowest BCUT2D eigenvalue weighted by Crippen LogP contribution is -2.02. The van der Waals surface area contributed by atoms with Crippen molar-refractivity contribution < 1.29 is 4.52 Å². The minimum absolute atomic E-state index is 0.581. The van der Waals surface area contributed by atoms with Gasteiger partial charge in [0.05, 0.1) is 0 Å². The van der Waals surface area contributed by atoms with Crippen molar-refractivity contribution in [2.24, 2.45) is 0 Å². The van der Waals surface area contributed by atoms with Gasteiger partial charge < -0.3 is 9.84 Å². The van der Waals surface area contributed by atoms with E-state index in [0.29, 0.717) is 11.6 Å². The van der Waals surface area contributed by atoms with Crippen LogP contribution in [0.25, 0.3) is 17.0 Å². The van der Waals surface area contributed by atoms with E-state index in [9.17, 15) is 0 Å². The molecule has 23 heavy (non-hydrogen) atoms. The summed E-state index contributed by atoms with van der Waals surface area (Å²) in [4.78, 5) is 8.70. The zero-order valence-electron chi connectivity index (χ0n) is 12.7. The summed E-state index contributed by atoms with van der Waals surface area (Å²) in [6.45, 7) is 3.78. The van der Waals surface area contributed by atoms with Gasteiger partial charge in [-0.3, -0.25) is 0 Å². The Labute approximate surface area is 132 Å². The van der Waals surface area contributed by atoms with Crippen LogP contribution < -0.4 is 5.32 Å². The monoisotopic (exact) mass is 306 g/mol. The summed E-state index contributed by atoms with van der Waals surface area (Å²) in [6, 6.07) is 11.7. The van der Waals surface area contributed by atoms with Gasteiger partial charge in [-0.15, -0.1) is 5.10 Å². The molecule has 4 rings (SSSR count). The normalized spacial score (nSPS) is 11.0. The molecule has 4 aromatic rings. The van der Waals surface area contributed by atoms with Gasteiger partial charge >= 0.3 is 0 Å². The summed E-state index contributed by atoms with van der Waals surface area (Å²) < 4.78 is 6.60. The fourth-order valence-electron chi connectivity index (χ4n) is 2.44. The quantitative estimate of drug-likeness (QED) is 0.626. The third-order valence-corrected chi connectivity index (χ3v) is 3.41. The van der Waals surface area contributed by atoms with Gasteiger partial charge in [-0.2, -0.15) is 9.50 Å². The molecule has 0 unspecified atom stereocenters. The van der Waals surface area contributed by atoms with Gasteiger partial charge in [0.15, 0.2) is 0 Å². The number of anilines is 2. The minimum atomic E-state index is 0.581. The first-order valence-corrected chi connectivity index (χ1v) is 7.18. The fraction of sp³-hybridized carbons (Fsp3) is 0.125. The molecule has 0 bridgehead atoms. The van der Waals surface area contributed by atoms with Crippen molar-refractivity contribution in [3.8, 4) is 11.3 Å². The highest BCUT2D eigenvalue weighted by atomic mass is 16.5. The van der Waals surface area contributed by atoms with Gasteiger partial charge in [0.1, 0.15) is 23.6 Å². The summed E-state index contributed by atoms with van der Waals surface area (Å²) in [7, 11) is 0. The van der Waals surface area contributed by atoms with Crippen LogP contribution in [0.3, 0.4) is 0 Å². The molecule has 3 heterocycles. The number of aromatic nitrogens is 5. The van der Waals surface area contributed by atoms with Gasteiger partial charge in [-0.05, 0) is 26.0 Å². The van der Waals surface area contributed by atoms with E-state index in [0.717, 1.165) is 28.5 Å². The molecule has 3 aromatic heterocycles. The molecule has 0 spiro atoms. The number of nitrogens with one attached hydrogen (secondary N) is 1. The number of rotatable bonds is 3. The van der Waals surface area contributed by atoms with Crippen molar-refractivity contribution >= 4 is 17.3 Å². The minimum Gasteiger partial charge on any atom is -0.364 e. The van der Waals surface area contributed by atoms with Crippen LogP contribution >= 0.6 is 0 Å². The maximum Gasteiger partial charge on any atom is 0.254 e. The predicted octanol–water partition coefficient (Wildman–Crippen LogP) is 3.14. The largest absolute Gasteiger partial charge is 0.364 e. The third kappa shape index (κ3) is 2.52. The van der Waals surface area contributed by atoms with E-state index >= 15 is 0 Å². The molecular weight excluding hydrogens is 292 g/mol. The van der Waals surface area contributed by atoms with Crippen molar-refractivity contribution in [3.63, 3.8) is 0 Å². The van der Waals surface area contributed by atoms with Gasteiger partial charge in [0.25, 0.3) is 5.78 Å². The number of fused-ring (bicyclic) bond motifs is 1. The number of hydrogen-bond acceptors (Lipinski definition) is 6. The van der Waals surface area contributed by atoms with Crippen molar-refractivity contribution in [2.45, 2.75) is 13.8 Å². The van der Waals surface area contributed by atoms with Crippen LogP contribution in [0.4, 0.5) is 11.5 Å². The highest BCUT2D eigenvalue weighted by Crippen LogP contribution is 2.24. The molecule has 1 N–H and O–H groups in total. The Morgan fingerprint density at radius 3 is 2.83 bits per heavy atom. The van der Waals surface area contributed by atoms with Gasteiger partial charge in [-0.1, -0.05) is 17.3 Å². The first-order valence-electron chi connectivity index (χ1n) is 7.18. The van der Waals surface area contributed by atoms with E-state index in [1.54, 1.807) is 10.8 Å². The highest BCUT2D eigenvalue weighted by Gasteiger charge is 2.09. The van der Waals surface area contributed by atoms with E-state index in [1.807, 2.05) is 50.2 Å². The maximum atomic E-state index is 4.90. The van der Waals surface area contributed by atoms with E-state index in [2.05, 4.69) is 25.5 Å². The Hall–Kier alpha value is -3.22. The average Bonchev–Trinajstić information content (AvgIpc) is 3.16. The van der Waals surface area contributed by atoms with Gasteiger partial charge in [0, 0.05) is 29.1 Å². The highest BCUT2D eigenvalue weighted by molar-refractivity contribution is 5.68. The molecule has 1 aromatic carbocycles. The summed E-state index contributed by atoms with van der Waals surface area (Å²) in [5.41, 5.74) is 3.56. The Kier molecular flexibility index (Phi) is 3.04. The smallest absolute Gasteiger partial charge is 0.254 e. The molecule has 7 heteroatoms. The molecule has 0 atom stereocenters. The summed E-state index contributed by atoms with van der Waals surface area (Å²) in [5, 5.41) is 11.7. The first kappa shape index (κ1) is 13.4. The van der Waals surface area contributed by atoms with Crippen LogP contribution in [0.1, 0.15) is 11.5 Å². The van der Waals surface area contributed by atoms with Crippen LogP contribution in [0, 0.1) is 13.8 Å². The average molecular weight is 306 g/mol. The van der Waals surface area contributed by atoms with E-state index in [1.165, 1.54) is 0 Å². The van der Waals surface area contributed by atoms with Crippen molar-refractivity contribution in [2.75, 3.05) is 5.32 Å². The van der Waals surface area contributed by atoms with E-state index in [4.69, 9.17) is 4.52 Å². The lowest BCUT2D eigenvalue weighted by molar-refractivity contribution is 0.422. The molecule has 7 nitrogen and oxygen atoms in total. The molecule has 0 radical (unpaired) electrons. The lowest BCUT2D eigenvalue weighted by atomic mass is 10.1. The molecular formula is C16H14N6O. The molecule has 0 aliphatic carbocycles. The SMILES string of the molecule is Cc1cc(Nc2cccc(-c3ccon3)c2)n2nc(C)nc2n1. The molecule has 0 aliphatic rings. The van der Waals surface area contributed by atoms with Crippen molar-refractivity contribution in [1.29, 1.82) is 0 Å². The second-order valence-electron chi connectivity index (χ2n) is 5.24. The summed E-state index contributed by atoms with van der Waals surface area (Å²) >= 11 is 0. The zero-order valence-corrected chi connectivity index (χ0v) is 12.7. The van der Waals surface area contributed by atoms with Crippen LogP contribution in [-0.2, 0) is 0 Å². The Bertz CT molecular complexity index is 974. The standard InChI is InChI=1S/C16H14N6O/c1-10-8-15(22-16(17-10)18-11(2)20-22)19-13-5-3-4-12(9-13)14-6-7-23-21-14/h3-9,19H,1-2H3. The van der Waals surface area contributed by atoms with Crippen LogP contribution in [0.15, 0.2) is 47.2 Å². The van der Waals surface area contributed by atoms with E-state index < -0.39 is 0 Å². The van der Waals surface area contributed by atoms with E-state index in [-0.39, 0.29) is 0 Å². The molecule has 0 amide bonds. The Balaban J connectivity index is 1.75. The second kappa shape index (κ2) is 5.20. The number of aryl methyl sites for hydroxylation is 2. The van der Waals surface area contributed by atoms with Crippen LogP contribution in [0.5, 0.6) is 0 Å². The Morgan fingerprint density at radius 1 is 1.09 bits per heavy atom. The molecule has 0 aliphatic heterocycles. The molecule has 0 fully saturated rings. The molecule has 0 saturated heterocycles. The second-order valence-corrected chi connectivity index (χ2v) is 5.24. The lowest BCUT2D eigenvalue weighted by Gasteiger charge is -2.09. The van der Waals surface area contributed by atoms with Crippen LogP contribution in [0.2, 0.25) is 0 Å². The molecule has 114 valence electrons. The van der Waals surface area contributed by atoms with Crippen molar-refractivity contribution in [3.05, 3.63) is 54.2 Å². The fourth-order valence-corrected chi connectivity index (χ4v) is 2.44. The maximum absolute atomic E-state index is 4.90. The first-order chi connectivity index (χ1) is 11.2. The number of nitrogens with zero attached hydrogens (tertiary/aromatic N) is 5. The molecule has 0 saturated carbocycles. The van der Waals surface area contributed by atoms with Crippen LogP contribution in [-0.4, -0.2) is 24.7 Å². The number of benzene rings is 1. The zero-order chi connectivity index (χ0) is 15.8. The predicted molar refractivity (Wildman–Crippen MR) is 85.5 cm³/mol. The van der Waals surface area contributed by atoms with Gasteiger partial charge in [0.2, 0.25) is 0 Å². The van der Waals surface area contributed by atoms with Gasteiger partial charge in [-0.25, -0.2) is 4.98 Å². The van der Waals surface area contributed by atoms with Crippen molar-refractivity contribution in [1.82, 2.24) is 24.7 Å². The Morgan fingerprint density at radius 2 is 2.00 bits per heavy atom. The summed E-state index contributed by atoms with van der Waals surface area (Å²) in [6.07, 6.45) is 1.56. The topological polar surface area (TPSA) is 81.1 Å². The third-order valence-electron chi connectivity index (χ3n) is 3.41.